The Hall–Kier alpha value is -4.08. The third-order valence-electron chi connectivity index (χ3n) is 4.95. The third-order valence-corrected chi connectivity index (χ3v) is 4.95. The minimum Gasteiger partial charge on any atom is -0.344 e. The van der Waals surface area contributed by atoms with Crippen LogP contribution in [0.3, 0.4) is 0 Å². The number of alkyl halides is 2. The Morgan fingerprint density at radius 1 is 1.09 bits per heavy atom. The van der Waals surface area contributed by atoms with Gasteiger partial charge in [0.15, 0.2) is 0 Å². The maximum absolute atomic E-state index is 14.1. The van der Waals surface area contributed by atoms with E-state index in [1.807, 2.05) is 13.0 Å². The molecular formula is C23H21F2N7O. The van der Waals surface area contributed by atoms with E-state index in [4.69, 9.17) is 0 Å². The van der Waals surface area contributed by atoms with Crippen molar-refractivity contribution in [1.29, 1.82) is 0 Å². The number of aromatic nitrogens is 6. The number of carbonyl (C=O) groups is 1. The Kier molecular flexibility index (Phi) is 5.91. The molecule has 4 aromatic rings. The largest absolute Gasteiger partial charge is 0.344 e. The summed E-state index contributed by atoms with van der Waals surface area (Å²) in [4.78, 5) is 29.4. The molecule has 168 valence electrons. The summed E-state index contributed by atoms with van der Waals surface area (Å²) in [6.45, 7) is 4.43. The maximum Gasteiger partial charge on any atom is 0.303 e. The summed E-state index contributed by atoms with van der Waals surface area (Å²) in [5, 5.41) is 6.83. The molecular weight excluding hydrogens is 428 g/mol. The lowest BCUT2D eigenvalue weighted by molar-refractivity contribution is 0.00554. The first-order valence-corrected chi connectivity index (χ1v) is 10.2. The molecule has 33 heavy (non-hydrogen) atoms. The predicted octanol–water partition coefficient (Wildman–Crippen LogP) is 4.03. The van der Waals surface area contributed by atoms with E-state index in [2.05, 4.69) is 30.4 Å². The number of halogens is 2. The monoisotopic (exact) mass is 449 g/mol. The molecule has 0 bridgehead atoms. The van der Waals surface area contributed by atoms with Crippen LogP contribution in [0.15, 0.2) is 61.4 Å². The lowest BCUT2D eigenvalue weighted by Gasteiger charge is -2.16. The van der Waals surface area contributed by atoms with E-state index in [0.29, 0.717) is 17.0 Å². The molecule has 0 saturated heterocycles. The molecule has 1 amide bonds. The van der Waals surface area contributed by atoms with Crippen LogP contribution in [0, 0.1) is 6.92 Å². The summed E-state index contributed by atoms with van der Waals surface area (Å²) in [6.07, 6.45) is 7.39. The van der Waals surface area contributed by atoms with E-state index in [-0.39, 0.29) is 11.3 Å². The molecule has 0 aliphatic heterocycles. The quantitative estimate of drug-likeness (QED) is 0.477. The summed E-state index contributed by atoms with van der Waals surface area (Å²) in [7, 11) is 0. The van der Waals surface area contributed by atoms with E-state index >= 15 is 0 Å². The van der Waals surface area contributed by atoms with E-state index in [0.717, 1.165) is 23.5 Å². The highest BCUT2D eigenvalue weighted by atomic mass is 19.3. The van der Waals surface area contributed by atoms with Crippen molar-refractivity contribution in [1.82, 2.24) is 35.0 Å². The molecule has 3 heterocycles. The number of nitrogens with zero attached hydrogens (tertiary/aromatic N) is 6. The smallest absolute Gasteiger partial charge is 0.303 e. The van der Waals surface area contributed by atoms with E-state index in [9.17, 15) is 13.6 Å². The summed E-state index contributed by atoms with van der Waals surface area (Å²) in [5.74, 6) is -4.17. The van der Waals surface area contributed by atoms with Gasteiger partial charge in [-0.2, -0.15) is 13.9 Å². The van der Waals surface area contributed by atoms with Crippen LogP contribution in [0.5, 0.6) is 0 Å². The standard InChI is InChI=1S/C23H21F2N7O/c1-14-4-5-19(28-11-14)16-8-17(21(33)31-15(2)20-12-26-6-7-27-20)10-18(9-16)32-22(23(3,24)25)29-13-30-32/h4-13,15H,1-3H3,(H,31,33). The molecule has 1 unspecified atom stereocenters. The van der Waals surface area contributed by atoms with Crippen molar-refractivity contribution < 1.29 is 13.6 Å². The molecule has 0 saturated carbocycles. The van der Waals surface area contributed by atoms with Crippen LogP contribution in [0.2, 0.25) is 0 Å². The molecule has 10 heteroatoms. The minimum absolute atomic E-state index is 0.251. The average Bonchev–Trinajstić information content (AvgIpc) is 3.31. The average molecular weight is 449 g/mol. The Morgan fingerprint density at radius 2 is 1.91 bits per heavy atom. The topological polar surface area (TPSA) is 98.5 Å². The first-order chi connectivity index (χ1) is 15.7. The summed E-state index contributed by atoms with van der Waals surface area (Å²) in [5.41, 5.74) is 3.23. The van der Waals surface area contributed by atoms with Crippen LogP contribution >= 0.6 is 0 Å². The number of pyridine rings is 1. The number of aryl methyl sites for hydroxylation is 1. The van der Waals surface area contributed by atoms with Gasteiger partial charge < -0.3 is 5.32 Å². The highest BCUT2D eigenvalue weighted by Crippen LogP contribution is 2.29. The van der Waals surface area contributed by atoms with E-state index in [1.54, 1.807) is 43.7 Å². The summed E-state index contributed by atoms with van der Waals surface area (Å²) < 4.78 is 29.2. The van der Waals surface area contributed by atoms with Gasteiger partial charge in [0.2, 0.25) is 5.82 Å². The van der Waals surface area contributed by atoms with Crippen LogP contribution in [-0.4, -0.2) is 35.6 Å². The summed E-state index contributed by atoms with van der Waals surface area (Å²) >= 11 is 0. The van der Waals surface area contributed by atoms with Crippen molar-refractivity contribution in [2.45, 2.75) is 32.7 Å². The molecule has 1 atom stereocenters. The molecule has 0 aliphatic carbocycles. The molecule has 0 aliphatic rings. The van der Waals surface area contributed by atoms with Gasteiger partial charge in [-0.3, -0.25) is 19.7 Å². The first kappa shape index (κ1) is 22.1. The zero-order chi connectivity index (χ0) is 23.6. The van der Waals surface area contributed by atoms with Gasteiger partial charge in [0.25, 0.3) is 5.91 Å². The number of carbonyl (C=O) groups excluding carboxylic acids is 1. The van der Waals surface area contributed by atoms with Gasteiger partial charge in [-0.1, -0.05) is 6.07 Å². The fourth-order valence-electron chi connectivity index (χ4n) is 3.27. The minimum atomic E-state index is -3.22. The second-order valence-electron chi connectivity index (χ2n) is 7.70. The molecule has 1 N–H and O–H groups in total. The lowest BCUT2D eigenvalue weighted by Crippen LogP contribution is -2.27. The Balaban J connectivity index is 1.77. The van der Waals surface area contributed by atoms with Gasteiger partial charge in [0.05, 0.1) is 29.3 Å². The maximum atomic E-state index is 14.1. The van der Waals surface area contributed by atoms with Crippen LogP contribution < -0.4 is 5.32 Å². The van der Waals surface area contributed by atoms with Crippen molar-refractivity contribution in [2.24, 2.45) is 0 Å². The van der Waals surface area contributed by atoms with Crippen molar-refractivity contribution in [2.75, 3.05) is 0 Å². The normalized spacial score (nSPS) is 12.4. The molecule has 1 aromatic carbocycles. The number of rotatable bonds is 6. The molecule has 0 spiro atoms. The number of benzene rings is 1. The summed E-state index contributed by atoms with van der Waals surface area (Å²) in [6, 6.07) is 8.05. The Bertz CT molecular complexity index is 1270. The van der Waals surface area contributed by atoms with Crippen LogP contribution in [0.4, 0.5) is 8.78 Å². The van der Waals surface area contributed by atoms with Gasteiger partial charge in [-0.15, -0.1) is 0 Å². The van der Waals surface area contributed by atoms with Crippen LogP contribution in [0.1, 0.15) is 47.3 Å². The van der Waals surface area contributed by atoms with Gasteiger partial charge in [-0.25, -0.2) is 9.67 Å². The number of nitrogens with one attached hydrogen (secondary N) is 1. The van der Waals surface area contributed by atoms with Crippen molar-refractivity contribution in [3.63, 3.8) is 0 Å². The zero-order valence-electron chi connectivity index (χ0n) is 18.2. The van der Waals surface area contributed by atoms with Crippen molar-refractivity contribution in [3.8, 4) is 16.9 Å². The van der Waals surface area contributed by atoms with E-state index < -0.39 is 23.7 Å². The highest BCUT2D eigenvalue weighted by molar-refractivity contribution is 5.96. The SMILES string of the molecule is Cc1ccc(-c2cc(C(=O)NC(C)c3cnccn3)cc(-n3ncnc3C(C)(F)F)c2)nc1. The van der Waals surface area contributed by atoms with Crippen molar-refractivity contribution in [3.05, 3.63) is 84.1 Å². The molecule has 3 aromatic heterocycles. The first-order valence-electron chi connectivity index (χ1n) is 10.2. The fraction of sp³-hybridized carbons (Fsp3) is 0.217. The van der Waals surface area contributed by atoms with Crippen molar-refractivity contribution >= 4 is 5.91 Å². The Labute approximate surface area is 188 Å². The number of hydrogen-bond acceptors (Lipinski definition) is 6. The van der Waals surface area contributed by atoms with Gasteiger partial charge in [0, 0.05) is 36.6 Å². The number of hydrogen-bond donors (Lipinski definition) is 1. The third kappa shape index (κ3) is 4.89. The van der Waals surface area contributed by atoms with E-state index in [1.165, 1.54) is 12.3 Å². The molecule has 0 fully saturated rings. The van der Waals surface area contributed by atoms with Gasteiger partial charge in [0.1, 0.15) is 6.33 Å². The van der Waals surface area contributed by atoms with Gasteiger partial charge in [-0.05, 0) is 43.7 Å². The molecule has 0 radical (unpaired) electrons. The second kappa shape index (κ2) is 8.81. The van der Waals surface area contributed by atoms with Crippen LogP contribution in [0.25, 0.3) is 16.9 Å². The second-order valence-corrected chi connectivity index (χ2v) is 7.70. The lowest BCUT2D eigenvalue weighted by atomic mass is 10.0. The molecule has 4 rings (SSSR count). The fourth-order valence-corrected chi connectivity index (χ4v) is 3.27. The zero-order valence-corrected chi connectivity index (χ0v) is 18.2. The Morgan fingerprint density at radius 3 is 2.58 bits per heavy atom. The number of amides is 1. The highest BCUT2D eigenvalue weighted by Gasteiger charge is 2.31. The predicted molar refractivity (Wildman–Crippen MR) is 117 cm³/mol. The molecule has 8 nitrogen and oxygen atoms in total. The van der Waals surface area contributed by atoms with Gasteiger partial charge >= 0.3 is 5.92 Å². The van der Waals surface area contributed by atoms with Crippen LogP contribution in [-0.2, 0) is 5.92 Å².